The first-order valence-corrected chi connectivity index (χ1v) is 11.6. The lowest BCUT2D eigenvalue weighted by Gasteiger charge is -2.24. The maximum absolute atomic E-state index is 13.3. The van der Waals surface area contributed by atoms with Crippen LogP contribution in [-0.2, 0) is 24.1 Å². The van der Waals surface area contributed by atoms with E-state index in [4.69, 9.17) is 16.3 Å². The van der Waals surface area contributed by atoms with E-state index in [0.29, 0.717) is 37.4 Å². The van der Waals surface area contributed by atoms with Gasteiger partial charge in [0.05, 0.1) is 35.5 Å². The normalized spacial score (nSPS) is 19.1. The molecule has 0 bridgehead atoms. The molecule has 2 atom stereocenters. The smallest absolute Gasteiger partial charge is 0.373 e. The molecule has 2 unspecified atom stereocenters. The number of aromatic nitrogens is 2. The summed E-state index contributed by atoms with van der Waals surface area (Å²) in [5.41, 5.74) is 0.396. The van der Waals surface area contributed by atoms with Crippen LogP contribution < -0.4 is 5.32 Å². The quantitative estimate of drug-likeness (QED) is 0.654. The first kappa shape index (κ1) is 24.5. The third kappa shape index (κ3) is 4.53. The number of alkyl halides is 3. The van der Waals surface area contributed by atoms with Gasteiger partial charge in [0.1, 0.15) is 11.4 Å². The minimum atomic E-state index is -4.54. The summed E-state index contributed by atoms with van der Waals surface area (Å²) in [6.45, 7) is 5.33. The number of amides is 2. The standard InChI is InChI=1S/C23H26ClF3N4O3/c1-3-15(14-6-7-17(28-11-14)23(25,26)27)29-21(32)18-16-12-34-10-9-31(16)20(19(18)24)22(33)30-8-4-5-13(30)2/h6-7,11,13,15H,3-5,8-10,12H2,1-2H3,(H,29,32). The summed E-state index contributed by atoms with van der Waals surface area (Å²) < 4.78 is 45.9. The maximum Gasteiger partial charge on any atom is 0.433 e. The number of pyridine rings is 1. The van der Waals surface area contributed by atoms with Gasteiger partial charge in [0.15, 0.2) is 0 Å². The molecule has 4 heterocycles. The molecule has 2 amide bonds. The fourth-order valence-corrected chi connectivity index (χ4v) is 4.97. The molecule has 0 radical (unpaired) electrons. The number of fused-ring (bicyclic) bond motifs is 1. The molecule has 1 saturated heterocycles. The molecular formula is C23H26ClF3N4O3. The van der Waals surface area contributed by atoms with E-state index in [-0.39, 0.29) is 34.8 Å². The van der Waals surface area contributed by atoms with Gasteiger partial charge >= 0.3 is 6.18 Å². The van der Waals surface area contributed by atoms with Crippen molar-refractivity contribution in [2.24, 2.45) is 0 Å². The number of hydrogen-bond acceptors (Lipinski definition) is 4. The number of halogens is 4. The van der Waals surface area contributed by atoms with E-state index < -0.39 is 23.8 Å². The summed E-state index contributed by atoms with van der Waals surface area (Å²) in [4.78, 5) is 31.9. The fourth-order valence-electron chi connectivity index (χ4n) is 4.60. The molecule has 7 nitrogen and oxygen atoms in total. The van der Waals surface area contributed by atoms with Crippen molar-refractivity contribution >= 4 is 23.4 Å². The van der Waals surface area contributed by atoms with Gasteiger partial charge in [-0.1, -0.05) is 24.6 Å². The summed E-state index contributed by atoms with van der Waals surface area (Å²) in [6.07, 6.45) is -1.19. The lowest BCUT2D eigenvalue weighted by molar-refractivity contribution is -0.141. The zero-order chi connectivity index (χ0) is 24.6. The Hall–Kier alpha value is -2.59. The first-order chi connectivity index (χ1) is 16.1. The molecule has 2 aromatic rings. The van der Waals surface area contributed by atoms with Gasteiger partial charge in [0.25, 0.3) is 11.8 Å². The number of carbonyl (C=O) groups is 2. The van der Waals surface area contributed by atoms with Crippen molar-refractivity contribution in [3.05, 3.63) is 51.6 Å². The van der Waals surface area contributed by atoms with Crippen LogP contribution in [-0.4, -0.2) is 45.5 Å². The first-order valence-electron chi connectivity index (χ1n) is 11.3. The minimum Gasteiger partial charge on any atom is -0.373 e. The third-order valence-corrected chi connectivity index (χ3v) is 6.81. The zero-order valence-corrected chi connectivity index (χ0v) is 19.7. The summed E-state index contributed by atoms with van der Waals surface area (Å²) >= 11 is 6.66. The number of nitrogens with zero attached hydrogens (tertiary/aromatic N) is 3. The number of likely N-dealkylation sites (tertiary alicyclic amines) is 1. The Morgan fingerprint density at radius 2 is 2.09 bits per heavy atom. The lowest BCUT2D eigenvalue weighted by Crippen LogP contribution is -2.36. The molecule has 11 heteroatoms. The minimum absolute atomic E-state index is 0.0718. The second-order valence-corrected chi connectivity index (χ2v) is 8.97. The Bertz CT molecular complexity index is 1080. The predicted octanol–water partition coefficient (Wildman–Crippen LogP) is 4.59. The highest BCUT2D eigenvalue weighted by Crippen LogP contribution is 2.34. The topological polar surface area (TPSA) is 76.5 Å². The summed E-state index contributed by atoms with van der Waals surface area (Å²) in [6, 6.07) is 1.69. The van der Waals surface area contributed by atoms with Crippen LogP contribution in [0.1, 0.15) is 76.9 Å². The Balaban J connectivity index is 1.64. The molecular weight excluding hydrogens is 473 g/mol. The molecule has 0 saturated carbocycles. The Morgan fingerprint density at radius 1 is 1.32 bits per heavy atom. The predicted molar refractivity (Wildman–Crippen MR) is 119 cm³/mol. The van der Waals surface area contributed by atoms with E-state index >= 15 is 0 Å². The van der Waals surface area contributed by atoms with Crippen LogP contribution in [0.4, 0.5) is 13.2 Å². The number of rotatable bonds is 5. The van der Waals surface area contributed by atoms with E-state index in [1.54, 1.807) is 16.4 Å². The third-order valence-electron chi connectivity index (χ3n) is 6.45. The molecule has 34 heavy (non-hydrogen) atoms. The number of nitrogens with one attached hydrogen (secondary N) is 1. The van der Waals surface area contributed by atoms with Crippen LogP contribution >= 0.6 is 11.6 Å². The van der Waals surface area contributed by atoms with Crippen molar-refractivity contribution < 1.29 is 27.5 Å². The van der Waals surface area contributed by atoms with Crippen LogP contribution in [0, 0.1) is 0 Å². The van der Waals surface area contributed by atoms with E-state index in [1.165, 1.54) is 6.07 Å². The molecule has 2 aromatic heterocycles. The second-order valence-electron chi connectivity index (χ2n) is 8.59. The largest absolute Gasteiger partial charge is 0.433 e. The summed E-state index contributed by atoms with van der Waals surface area (Å²) in [7, 11) is 0. The van der Waals surface area contributed by atoms with E-state index in [9.17, 15) is 22.8 Å². The monoisotopic (exact) mass is 498 g/mol. The van der Waals surface area contributed by atoms with Crippen LogP contribution in [0.15, 0.2) is 18.3 Å². The molecule has 1 N–H and O–H groups in total. The van der Waals surface area contributed by atoms with Crippen molar-refractivity contribution in [3.63, 3.8) is 0 Å². The van der Waals surface area contributed by atoms with Crippen molar-refractivity contribution in [1.82, 2.24) is 19.8 Å². The van der Waals surface area contributed by atoms with Gasteiger partial charge in [-0.25, -0.2) is 0 Å². The van der Waals surface area contributed by atoms with Crippen LogP contribution in [0.5, 0.6) is 0 Å². The van der Waals surface area contributed by atoms with Crippen molar-refractivity contribution in [3.8, 4) is 0 Å². The molecule has 0 aliphatic carbocycles. The molecule has 2 aliphatic rings. The highest BCUT2D eigenvalue weighted by Gasteiger charge is 2.36. The molecule has 1 fully saturated rings. The highest BCUT2D eigenvalue weighted by molar-refractivity contribution is 6.37. The van der Waals surface area contributed by atoms with Crippen LogP contribution in [0.2, 0.25) is 5.02 Å². The fraction of sp³-hybridized carbons (Fsp3) is 0.522. The number of ether oxygens (including phenoxy) is 1. The van der Waals surface area contributed by atoms with Gasteiger partial charge in [-0.2, -0.15) is 13.2 Å². The maximum atomic E-state index is 13.3. The van der Waals surface area contributed by atoms with Gasteiger partial charge in [-0.3, -0.25) is 14.6 Å². The van der Waals surface area contributed by atoms with Crippen molar-refractivity contribution in [1.29, 1.82) is 0 Å². The summed E-state index contributed by atoms with van der Waals surface area (Å²) in [5.74, 6) is -0.726. The SMILES string of the molecule is CCC(NC(=O)c1c(Cl)c(C(=O)N2CCCC2C)n2c1COCC2)c1ccc(C(F)(F)F)nc1. The molecule has 2 aliphatic heterocycles. The zero-order valence-electron chi connectivity index (χ0n) is 18.9. The molecule has 0 aromatic carbocycles. The number of carbonyl (C=O) groups excluding carboxylic acids is 2. The van der Waals surface area contributed by atoms with Gasteiger partial charge in [-0.05, 0) is 37.8 Å². The molecule has 4 rings (SSSR count). The van der Waals surface area contributed by atoms with Gasteiger partial charge in [0.2, 0.25) is 0 Å². The summed E-state index contributed by atoms with van der Waals surface area (Å²) in [5, 5.41) is 2.91. The molecule has 184 valence electrons. The van der Waals surface area contributed by atoms with Gasteiger partial charge in [0, 0.05) is 25.3 Å². The van der Waals surface area contributed by atoms with Crippen LogP contribution in [0.3, 0.4) is 0 Å². The number of hydrogen-bond donors (Lipinski definition) is 1. The van der Waals surface area contributed by atoms with Gasteiger partial charge in [-0.15, -0.1) is 0 Å². The Morgan fingerprint density at radius 3 is 2.68 bits per heavy atom. The van der Waals surface area contributed by atoms with Crippen molar-refractivity contribution in [2.75, 3.05) is 13.2 Å². The second kappa shape index (κ2) is 9.58. The highest BCUT2D eigenvalue weighted by atomic mass is 35.5. The van der Waals surface area contributed by atoms with E-state index in [1.807, 2.05) is 6.92 Å². The average molecular weight is 499 g/mol. The Kier molecular flexibility index (Phi) is 6.91. The lowest BCUT2D eigenvalue weighted by atomic mass is 10.1. The van der Waals surface area contributed by atoms with Crippen molar-refractivity contribution in [2.45, 2.75) is 64.5 Å². The average Bonchev–Trinajstić information content (AvgIpc) is 3.36. The van der Waals surface area contributed by atoms with Crippen LogP contribution in [0.25, 0.3) is 0 Å². The van der Waals surface area contributed by atoms with E-state index in [0.717, 1.165) is 25.1 Å². The Labute approximate surface area is 200 Å². The molecule has 0 spiro atoms. The van der Waals surface area contributed by atoms with E-state index in [2.05, 4.69) is 10.3 Å². The van der Waals surface area contributed by atoms with Gasteiger partial charge < -0.3 is 19.5 Å².